The van der Waals surface area contributed by atoms with Crippen molar-refractivity contribution in [2.45, 2.75) is 25.8 Å². The minimum Gasteiger partial charge on any atom is -0.348 e. The molecular formula is C22H19Cl3N2O2S. The minimum atomic E-state index is -0.225. The molecule has 0 atom stereocenters. The Balaban J connectivity index is 1.40. The molecule has 1 aliphatic rings. The van der Waals surface area contributed by atoms with Gasteiger partial charge in [0.25, 0.3) is 11.8 Å². The van der Waals surface area contributed by atoms with Gasteiger partial charge in [0.05, 0.1) is 10.0 Å². The maximum atomic E-state index is 12.8. The highest BCUT2D eigenvalue weighted by molar-refractivity contribution is 7.21. The Labute approximate surface area is 193 Å². The number of aryl methyl sites for hydroxylation is 1. The van der Waals surface area contributed by atoms with Crippen LogP contribution in [0.1, 0.15) is 38.4 Å². The van der Waals surface area contributed by atoms with Gasteiger partial charge in [0.2, 0.25) is 0 Å². The fourth-order valence-electron chi connectivity index (χ4n) is 3.61. The Hall–Kier alpha value is -1.79. The molecule has 0 aliphatic carbocycles. The third kappa shape index (κ3) is 4.30. The van der Waals surface area contributed by atoms with Crippen molar-refractivity contribution in [1.29, 1.82) is 0 Å². The fourth-order valence-corrected chi connectivity index (χ4v) is 5.90. The summed E-state index contributed by atoms with van der Waals surface area (Å²) in [5, 5.41) is 4.98. The summed E-state index contributed by atoms with van der Waals surface area (Å²) in [5.41, 5.74) is 1.81. The molecule has 1 aromatic heterocycles. The van der Waals surface area contributed by atoms with Crippen molar-refractivity contribution in [3.05, 3.63) is 67.5 Å². The Morgan fingerprint density at radius 3 is 2.40 bits per heavy atom. The summed E-state index contributed by atoms with van der Waals surface area (Å²) in [4.78, 5) is 27.8. The predicted molar refractivity (Wildman–Crippen MR) is 124 cm³/mol. The second-order valence-corrected chi connectivity index (χ2v) is 9.69. The topological polar surface area (TPSA) is 49.4 Å². The summed E-state index contributed by atoms with van der Waals surface area (Å²) in [7, 11) is 0. The largest absolute Gasteiger partial charge is 0.348 e. The molecule has 30 heavy (non-hydrogen) atoms. The second kappa shape index (κ2) is 8.75. The van der Waals surface area contributed by atoms with E-state index in [-0.39, 0.29) is 17.9 Å². The smallest absolute Gasteiger partial charge is 0.263 e. The average Bonchev–Trinajstić information content (AvgIpc) is 3.05. The first-order valence-corrected chi connectivity index (χ1v) is 11.5. The standard InChI is InChI=1S/C22H19Cl3N2O2S/c1-12-2-4-13(5-3-12)22(29)27-8-6-15(7-9-27)26-21(28)20-19(25)18-16(24)10-14(23)11-17(18)30-20/h2-5,10-11,15H,6-9H2,1H3,(H,26,28). The van der Waals surface area contributed by atoms with Gasteiger partial charge in [-0.25, -0.2) is 0 Å². The molecule has 0 spiro atoms. The summed E-state index contributed by atoms with van der Waals surface area (Å²) < 4.78 is 0.779. The van der Waals surface area contributed by atoms with Crippen LogP contribution in [0.25, 0.3) is 10.1 Å². The van der Waals surface area contributed by atoms with Crippen LogP contribution >= 0.6 is 46.1 Å². The van der Waals surface area contributed by atoms with Crippen LogP contribution in [0.3, 0.4) is 0 Å². The predicted octanol–water partition coefficient (Wildman–Crippen LogP) is 6.20. The third-order valence-corrected chi connectivity index (χ3v) is 7.41. The van der Waals surface area contributed by atoms with Crippen molar-refractivity contribution >= 4 is 68.0 Å². The zero-order chi connectivity index (χ0) is 21.4. The van der Waals surface area contributed by atoms with Crippen LogP contribution in [-0.4, -0.2) is 35.8 Å². The number of piperidine rings is 1. The van der Waals surface area contributed by atoms with Crippen LogP contribution in [0.2, 0.25) is 15.1 Å². The molecule has 2 aromatic carbocycles. The Morgan fingerprint density at radius 1 is 1.07 bits per heavy atom. The number of carbonyl (C=O) groups excluding carboxylic acids is 2. The molecule has 8 heteroatoms. The van der Waals surface area contributed by atoms with Crippen molar-refractivity contribution < 1.29 is 9.59 Å². The molecule has 4 rings (SSSR count). The number of hydrogen-bond acceptors (Lipinski definition) is 3. The molecule has 1 saturated heterocycles. The van der Waals surface area contributed by atoms with Crippen molar-refractivity contribution in [1.82, 2.24) is 10.2 Å². The molecule has 0 bridgehead atoms. The molecule has 1 N–H and O–H groups in total. The van der Waals surface area contributed by atoms with E-state index in [0.717, 1.165) is 10.3 Å². The highest BCUT2D eigenvalue weighted by Gasteiger charge is 2.27. The second-order valence-electron chi connectivity index (χ2n) is 7.41. The maximum Gasteiger partial charge on any atom is 0.263 e. The number of nitrogens with one attached hydrogen (secondary N) is 1. The summed E-state index contributed by atoms with van der Waals surface area (Å²) in [6.45, 7) is 3.19. The number of thiophene rings is 1. The van der Waals surface area contributed by atoms with Gasteiger partial charge in [0, 0.05) is 39.8 Å². The lowest BCUT2D eigenvalue weighted by Gasteiger charge is -2.32. The van der Waals surface area contributed by atoms with Crippen LogP contribution in [0.5, 0.6) is 0 Å². The van der Waals surface area contributed by atoms with E-state index in [4.69, 9.17) is 34.8 Å². The average molecular weight is 482 g/mol. The highest BCUT2D eigenvalue weighted by Crippen LogP contribution is 2.41. The van der Waals surface area contributed by atoms with Gasteiger partial charge in [-0.05, 0) is 44.0 Å². The number of likely N-dealkylation sites (tertiary alicyclic amines) is 1. The summed E-state index contributed by atoms with van der Waals surface area (Å²) in [5.74, 6) is -0.199. The van der Waals surface area contributed by atoms with Gasteiger partial charge in [-0.3, -0.25) is 9.59 Å². The molecule has 2 heterocycles. The van der Waals surface area contributed by atoms with Gasteiger partial charge >= 0.3 is 0 Å². The lowest BCUT2D eigenvalue weighted by atomic mass is 10.0. The van der Waals surface area contributed by atoms with Crippen molar-refractivity contribution in [2.75, 3.05) is 13.1 Å². The summed E-state index contributed by atoms with van der Waals surface area (Å²) >= 11 is 20.0. The van der Waals surface area contributed by atoms with Crippen LogP contribution in [-0.2, 0) is 0 Å². The fraction of sp³-hybridized carbons (Fsp3) is 0.273. The van der Waals surface area contributed by atoms with Gasteiger partial charge < -0.3 is 10.2 Å². The molecule has 1 aliphatic heterocycles. The zero-order valence-corrected chi connectivity index (χ0v) is 19.3. The van der Waals surface area contributed by atoms with E-state index in [2.05, 4.69) is 5.32 Å². The number of amides is 2. The first kappa shape index (κ1) is 21.4. The Kier molecular flexibility index (Phi) is 6.26. The van der Waals surface area contributed by atoms with Gasteiger partial charge in [0.15, 0.2) is 0 Å². The van der Waals surface area contributed by atoms with Crippen molar-refractivity contribution in [3.63, 3.8) is 0 Å². The van der Waals surface area contributed by atoms with E-state index in [1.165, 1.54) is 11.3 Å². The molecule has 0 unspecified atom stereocenters. The summed E-state index contributed by atoms with van der Waals surface area (Å²) in [6.07, 6.45) is 1.39. The van der Waals surface area contributed by atoms with Gasteiger partial charge in [-0.15, -0.1) is 11.3 Å². The molecule has 0 saturated carbocycles. The van der Waals surface area contributed by atoms with Crippen molar-refractivity contribution in [2.24, 2.45) is 0 Å². The van der Waals surface area contributed by atoms with Crippen LogP contribution < -0.4 is 5.32 Å². The molecule has 2 amide bonds. The lowest BCUT2D eigenvalue weighted by Crippen LogP contribution is -2.46. The quantitative estimate of drug-likeness (QED) is 0.484. The third-order valence-electron chi connectivity index (χ3n) is 5.27. The van der Waals surface area contributed by atoms with Crippen LogP contribution in [0, 0.1) is 6.92 Å². The molecule has 3 aromatic rings. The van der Waals surface area contributed by atoms with E-state index in [1.807, 2.05) is 36.1 Å². The normalized spacial score (nSPS) is 14.9. The number of nitrogens with zero attached hydrogens (tertiary/aromatic N) is 1. The number of carbonyl (C=O) groups is 2. The molecule has 4 nitrogen and oxygen atoms in total. The number of rotatable bonds is 3. The number of fused-ring (bicyclic) bond motifs is 1. The van der Waals surface area contributed by atoms with Gasteiger partial charge in [-0.1, -0.05) is 52.5 Å². The summed E-state index contributed by atoms with van der Waals surface area (Å²) in [6, 6.07) is 10.9. The molecular weight excluding hydrogens is 463 g/mol. The van der Waals surface area contributed by atoms with E-state index in [9.17, 15) is 9.59 Å². The molecule has 0 radical (unpaired) electrons. The molecule has 1 fully saturated rings. The van der Waals surface area contributed by atoms with Crippen LogP contribution in [0.15, 0.2) is 36.4 Å². The monoisotopic (exact) mass is 480 g/mol. The molecule has 156 valence electrons. The van der Waals surface area contributed by atoms with Crippen LogP contribution in [0.4, 0.5) is 0 Å². The lowest BCUT2D eigenvalue weighted by molar-refractivity contribution is 0.0698. The Morgan fingerprint density at radius 2 is 1.73 bits per heavy atom. The number of hydrogen-bond donors (Lipinski definition) is 1. The zero-order valence-electron chi connectivity index (χ0n) is 16.2. The number of benzene rings is 2. The van der Waals surface area contributed by atoms with Gasteiger partial charge in [-0.2, -0.15) is 0 Å². The first-order chi connectivity index (χ1) is 14.3. The first-order valence-electron chi connectivity index (χ1n) is 9.57. The van der Waals surface area contributed by atoms with E-state index in [1.54, 1.807) is 12.1 Å². The SMILES string of the molecule is Cc1ccc(C(=O)N2CCC(NC(=O)c3sc4cc(Cl)cc(Cl)c4c3Cl)CC2)cc1. The highest BCUT2D eigenvalue weighted by atomic mass is 35.5. The number of halogens is 3. The van der Waals surface area contributed by atoms with Gasteiger partial charge in [0.1, 0.15) is 4.88 Å². The van der Waals surface area contributed by atoms with E-state index < -0.39 is 0 Å². The maximum absolute atomic E-state index is 12.8. The van der Waals surface area contributed by atoms with E-state index in [0.29, 0.717) is 56.8 Å². The Bertz CT molecular complexity index is 1120. The van der Waals surface area contributed by atoms with E-state index >= 15 is 0 Å². The minimum absolute atomic E-state index is 0.0140. The van der Waals surface area contributed by atoms with Crippen molar-refractivity contribution in [3.8, 4) is 0 Å².